The number of hydrogen-bond donors (Lipinski definition) is 2. The zero-order valence-electron chi connectivity index (χ0n) is 23.3. The van der Waals surface area contributed by atoms with Crippen molar-refractivity contribution in [2.24, 2.45) is 0 Å². The van der Waals surface area contributed by atoms with Crippen LogP contribution in [-0.4, -0.2) is 22.2 Å². The summed E-state index contributed by atoms with van der Waals surface area (Å²) in [4.78, 5) is 25.0. The van der Waals surface area contributed by atoms with Gasteiger partial charge in [0.1, 0.15) is 5.82 Å². The Morgan fingerprint density at radius 2 is 1.36 bits per heavy atom. The van der Waals surface area contributed by atoms with Gasteiger partial charge in [0.25, 0.3) is 5.91 Å². The number of rotatable bonds is 8. The molecule has 13 heteroatoms. The van der Waals surface area contributed by atoms with Gasteiger partial charge in [-0.15, -0.1) is 5.12 Å². The molecule has 0 saturated carbocycles. The van der Waals surface area contributed by atoms with Gasteiger partial charge in [-0.1, -0.05) is 65.1 Å². The van der Waals surface area contributed by atoms with Crippen LogP contribution in [0.15, 0.2) is 97.1 Å². The van der Waals surface area contributed by atoms with Crippen LogP contribution in [0.5, 0.6) is 0 Å². The first kappa shape index (κ1) is 33.0. The van der Waals surface area contributed by atoms with E-state index in [-0.39, 0.29) is 23.6 Å². The number of carbonyl (C=O) groups is 2. The summed E-state index contributed by atoms with van der Waals surface area (Å²) in [6, 6.07) is 16.7. The van der Waals surface area contributed by atoms with E-state index < -0.39 is 69.1 Å². The minimum atomic E-state index is -5.03. The van der Waals surface area contributed by atoms with Gasteiger partial charge in [0, 0.05) is 12.0 Å². The lowest BCUT2D eigenvalue weighted by molar-refractivity contribution is -0.138. The first-order valence-electron chi connectivity index (χ1n) is 13.2. The molecule has 0 spiro atoms. The summed E-state index contributed by atoms with van der Waals surface area (Å²) in [5.41, 5.74) is -5.23. The number of nitrogens with zero attached hydrogens (tertiary/aromatic N) is 1. The Kier molecular flexibility index (Phi) is 9.22. The molecule has 2 amide bonds. The van der Waals surface area contributed by atoms with Gasteiger partial charge >= 0.3 is 18.4 Å². The molecule has 4 aromatic rings. The number of amides is 2. The summed E-state index contributed by atoms with van der Waals surface area (Å²) in [7, 11) is 0. The third-order valence-electron chi connectivity index (χ3n) is 7.19. The number of carboxylic acid groups (broad SMARTS) is 1. The SMILES string of the molecule is CC(c1cccc(C(Cc2ccccc2)(NC(=O)c2cccc(C(F)(F)F)c2)c2cc(F)cc(C(F)(F)F)c2)c1)N(F)C(=O)O. The Hall–Kier alpha value is -4.94. The lowest BCUT2D eigenvalue weighted by atomic mass is 9.76. The number of carbonyl (C=O) groups excluding carboxylic acids is 1. The molecule has 0 heterocycles. The van der Waals surface area contributed by atoms with Crippen molar-refractivity contribution in [3.8, 4) is 0 Å². The molecule has 45 heavy (non-hydrogen) atoms. The fourth-order valence-electron chi connectivity index (χ4n) is 4.92. The molecule has 4 aromatic carbocycles. The Labute approximate surface area is 251 Å². The minimum Gasteiger partial charge on any atom is -0.463 e. The van der Waals surface area contributed by atoms with Crippen LogP contribution in [0.25, 0.3) is 0 Å². The van der Waals surface area contributed by atoms with Crippen molar-refractivity contribution in [3.05, 3.63) is 142 Å². The van der Waals surface area contributed by atoms with Gasteiger partial charge in [-0.3, -0.25) is 4.79 Å². The Morgan fingerprint density at radius 1 is 0.756 bits per heavy atom. The summed E-state index contributed by atoms with van der Waals surface area (Å²) in [5.74, 6) is -2.47. The lowest BCUT2D eigenvalue weighted by Gasteiger charge is -2.37. The molecule has 4 rings (SSSR count). The first-order chi connectivity index (χ1) is 21.0. The standard InChI is InChI=1S/C32H24F8N2O3/c1-19(42(40)29(44)45)21-9-5-11-23(13-21)30(18-20-7-3-2-4-8-20,25-15-26(32(37,38)39)17-27(33)16-25)41-28(43)22-10-6-12-24(14-22)31(34,35)36/h2-17,19H,18H2,1H3,(H,41,43)(H,44,45). The van der Waals surface area contributed by atoms with Crippen LogP contribution in [0.3, 0.4) is 0 Å². The molecular formula is C32H24F8N2O3. The van der Waals surface area contributed by atoms with Crippen molar-refractivity contribution in [1.82, 2.24) is 10.4 Å². The van der Waals surface area contributed by atoms with E-state index in [0.29, 0.717) is 17.7 Å². The largest absolute Gasteiger partial charge is 0.463 e. The average Bonchev–Trinajstić information content (AvgIpc) is 2.99. The summed E-state index contributed by atoms with van der Waals surface area (Å²) in [6.07, 6.45) is -12.1. The molecule has 0 bridgehead atoms. The molecule has 5 nitrogen and oxygen atoms in total. The highest BCUT2D eigenvalue weighted by Crippen LogP contribution is 2.40. The van der Waals surface area contributed by atoms with Crippen LogP contribution in [-0.2, 0) is 24.3 Å². The van der Waals surface area contributed by atoms with E-state index in [1.165, 1.54) is 31.2 Å². The van der Waals surface area contributed by atoms with E-state index in [4.69, 9.17) is 5.11 Å². The summed E-state index contributed by atoms with van der Waals surface area (Å²) < 4.78 is 112. The van der Waals surface area contributed by atoms with Crippen molar-refractivity contribution in [2.75, 3.05) is 0 Å². The molecule has 236 valence electrons. The number of benzene rings is 4. The van der Waals surface area contributed by atoms with Gasteiger partial charge in [0.05, 0.1) is 22.7 Å². The molecule has 0 radical (unpaired) electrons. The van der Waals surface area contributed by atoms with Crippen molar-refractivity contribution in [2.45, 2.75) is 37.3 Å². The third-order valence-corrected chi connectivity index (χ3v) is 7.19. The summed E-state index contributed by atoms with van der Waals surface area (Å²) >= 11 is 0. The predicted octanol–water partition coefficient (Wildman–Crippen LogP) is 8.71. The highest BCUT2D eigenvalue weighted by molar-refractivity contribution is 5.95. The van der Waals surface area contributed by atoms with Crippen LogP contribution >= 0.6 is 0 Å². The third kappa shape index (κ3) is 7.41. The van der Waals surface area contributed by atoms with Crippen LogP contribution in [0, 0.1) is 5.82 Å². The van der Waals surface area contributed by atoms with Crippen molar-refractivity contribution < 1.29 is 49.9 Å². The van der Waals surface area contributed by atoms with Crippen LogP contribution in [0.1, 0.15) is 56.7 Å². The average molecular weight is 637 g/mol. The first-order valence-corrected chi connectivity index (χ1v) is 13.2. The van der Waals surface area contributed by atoms with Crippen LogP contribution in [0.4, 0.5) is 40.0 Å². The zero-order valence-corrected chi connectivity index (χ0v) is 23.3. The molecule has 0 aliphatic carbocycles. The van der Waals surface area contributed by atoms with Gasteiger partial charge in [0.15, 0.2) is 0 Å². The highest BCUT2D eigenvalue weighted by Gasteiger charge is 2.41. The molecule has 0 aliphatic rings. The van der Waals surface area contributed by atoms with E-state index in [0.717, 1.165) is 24.3 Å². The van der Waals surface area contributed by atoms with Crippen molar-refractivity contribution >= 4 is 12.0 Å². The van der Waals surface area contributed by atoms with Gasteiger partial charge in [0.2, 0.25) is 0 Å². The van der Waals surface area contributed by atoms with E-state index in [9.17, 15) is 44.8 Å². The maximum absolute atomic E-state index is 14.9. The summed E-state index contributed by atoms with van der Waals surface area (Å²) in [6.45, 7) is 1.19. The van der Waals surface area contributed by atoms with Crippen LogP contribution < -0.4 is 5.32 Å². The van der Waals surface area contributed by atoms with E-state index >= 15 is 0 Å². The molecule has 0 aromatic heterocycles. The lowest BCUT2D eigenvalue weighted by Crippen LogP contribution is -2.49. The second-order valence-corrected chi connectivity index (χ2v) is 10.2. The van der Waals surface area contributed by atoms with Gasteiger partial charge in [-0.05, 0) is 65.6 Å². The molecule has 2 atom stereocenters. The predicted molar refractivity (Wildman–Crippen MR) is 147 cm³/mol. The maximum atomic E-state index is 14.9. The van der Waals surface area contributed by atoms with Crippen molar-refractivity contribution in [3.63, 3.8) is 0 Å². The minimum absolute atomic E-state index is 0.00982. The van der Waals surface area contributed by atoms with Gasteiger partial charge in [-0.25, -0.2) is 9.18 Å². The van der Waals surface area contributed by atoms with Crippen LogP contribution in [0.2, 0.25) is 0 Å². The second kappa shape index (κ2) is 12.6. The highest BCUT2D eigenvalue weighted by atomic mass is 19.4. The molecule has 0 aliphatic heterocycles. The maximum Gasteiger partial charge on any atom is 0.436 e. The molecule has 2 unspecified atom stereocenters. The van der Waals surface area contributed by atoms with E-state index in [1.54, 1.807) is 30.3 Å². The fraction of sp³-hybridized carbons (Fsp3) is 0.188. The summed E-state index contributed by atoms with van der Waals surface area (Å²) in [5, 5.41) is 11.2. The molecule has 0 saturated heterocycles. The second-order valence-electron chi connectivity index (χ2n) is 10.2. The van der Waals surface area contributed by atoms with Gasteiger partial charge in [-0.2, -0.15) is 26.3 Å². The number of halogens is 8. The molecule has 0 fully saturated rings. The smallest absolute Gasteiger partial charge is 0.436 e. The van der Waals surface area contributed by atoms with E-state index in [1.807, 2.05) is 0 Å². The topological polar surface area (TPSA) is 69.6 Å². The van der Waals surface area contributed by atoms with Gasteiger partial charge < -0.3 is 10.4 Å². The number of hydrogen-bond acceptors (Lipinski definition) is 2. The quantitative estimate of drug-likeness (QED) is 0.150. The fourth-order valence-corrected chi connectivity index (χ4v) is 4.92. The number of nitrogens with one attached hydrogen (secondary N) is 1. The van der Waals surface area contributed by atoms with E-state index in [2.05, 4.69) is 5.32 Å². The monoisotopic (exact) mass is 636 g/mol. The number of alkyl halides is 6. The van der Waals surface area contributed by atoms with Crippen molar-refractivity contribution in [1.29, 1.82) is 0 Å². The Morgan fingerprint density at radius 3 is 1.98 bits per heavy atom. The molecule has 2 N–H and O–H groups in total. The normalized spacial score (nSPS) is 13.9. The molecular weight excluding hydrogens is 612 g/mol. The Balaban J connectivity index is 2.02. The zero-order chi connectivity index (χ0) is 33.2. The Bertz CT molecular complexity index is 1690.